The van der Waals surface area contributed by atoms with Crippen molar-refractivity contribution in [3.05, 3.63) is 65.2 Å². The molecule has 88 valence electrons. The average Bonchev–Trinajstić information content (AvgIpc) is 2.32. The lowest BCUT2D eigenvalue weighted by Gasteiger charge is -2.14. The number of hydrogen-bond acceptors (Lipinski definition) is 2. The minimum Gasteiger partial charge on any atom is -0.324 e. The number of hydrogen-bond donors (Lipinski definition) is 1. The second kappa shape index (κ2) is 5.06. The van der Waals surface area contributed by atoms with Crippen LogP contribution in [-0.2, 0) is 6.42 Å². The molecule has 0 saturated heterocycles. The lowest BCUT2D eigenvalue weighted by molar-refractivity contribution is 0.592. The van der Waals surface area contributed by atoms with Crippen molar-refractivity contribution in [1.82, 2.24) is 4.98 Å². The highest BCUT2D eigenvalue weighted by molar-refractivity contribution is 5.27. The summed E-state index contributed by atoms with van der Waals surface area (Å²) in [7, 11) is 0. The van der Waals surface area contributed by atoms with Gasteiger partial charge >= 0.3 is 0 Å². The smallest absolute Gasteiger partial charge is 0.126 e. The highest BCUT2D eigenvalue weighted by Crippen LogP contribution is 2.19. The Labute approximate surface area is 100 Å². The first-order valence-electron chi connectivity index (χ1n) is 5.58. The maximum absolute atomic E-state index is 13.5. The van der Waals surface area contributed by atoms with Crippen LogP contribution < -0.4 is 5.73 Å². The molecule has 0 spiro atoms. The highest BCUT2D eigenvalue weighted by atomic mass is 19.1. The minimum absolute atomic E-state index is 0.204. The number of benzene rings is 1. The highest BCUT2D eigenvalue weighted by Gasteiger charge is 2.11. The topological polar surface area (TPSA) is 38.9 Å². The van der Waals surface area contributed by atoms with Gasteiger partial charge in [-0.25, -0.2) is 4.39 Å². The van der Waals surface area contributed by atoms with Crippen LogP contribution in [0.3, 0.4) is 0 Å². The third-order valence-corrected chi connectivity index (χ3v) is 2.88. The predicted octanol–water partition coefficient (Wildman–Crippen LogP) is 2.77. The predicted molar refractivity (Wildman–Crippen MR) is 66.0 cm³/mol. The van der Waals surface area contributed by atoms with Crippen LogP contribution in [0.15, 0.2) is 42.7 Å². The molecule has 0 aliphatic rings. The summed E-state index contributed by atoms with van der Waals surface area (Å²) >= 11 is 0. The second-order valence-electron chi connectivity index (χ2n) is 4.13. The first kappa shape index (κ1) is 11.7. The van der Waals surface area contributed by atoms with E-state index < -0.39 is 0 Å². The molecule has 1 aromatic heterocycles. The van der Waals surface area contributed by atoms with E-state index in [1.165, 1.54) is 6.07 Å². The minimum atomic E-state index is -0.222. The summed E-state index contributed by atoms with van der Waals surface area (Å²) in [4.78, 5) is 4.06. The summed E-state index contributed by atoms with van der Waals surface area (Å²) in [6, 6.07) is 8.41. The largest absolute Gasteiger partial charge is 0.324 e. The zero-order chi connectivity index (χ0) is 12.3. The normalized spacial score (nSPS) is 12.4. The molecule has 0 fully saturated rings. The van der Waals surface area contributed by atoms with Gasteiger partial charge in [-0.15, -0.1) is 0 Å². The van der Waals surface area contributed by atoms with Crippen LogP contribution in [0.25, 0.3) is 0 Å². The molecule has 1 aromatic carbocycles. The Hall–Kier alpha value is -1.74. The first-order valence-corrected chi connectivity index (χ1v) is 5.58. The molecule has 2 rings (SSSR count). The monoisotopic (exact) mass is 230 g/mol. The number of halogens is 1. The molecule has 2 aromatic rings. The van der Waals surface area contributed by atoms with Crippen LogP contribution in [0, 0.1) is 12.7 Å². The number of rotatable bonds is 3. The lowest BCUT2D eigenvalue weighted by atomic mass is 9.98. The zero-order valence-corrected chi connectivity index (χ0v) is 9.73. The van der Waals surface area contributed by atoms with Crippen LogP contribution in [0.4, 0.5) is 4.39 Å². The molecule has 2 N–H and O–H groups in total. The summed E-state index contributed by atoms with van der Waals surface area (Å²) in [5, 5.41) is 0. The number of aryl methyl sites for hydroxylation is 1. The molecular formula is C14H15FN2. The van der Waals surface area contributed by atoms with Crippen molar-refractivity contribution in [2.45, 2.75) is 19.4 Å². The van der Waals surface area contributed by atoms with Gasteiger partial charge in [-0.2, -0.15) is 0 Å². The van der Waals surface area contributed by atoms with E-state index in [-0.39, 0.29) is 11.9 Å². The average molecular weight is 230 g/mol. The zero-order valence-electron chi connectivity index (χ0n) is 9.73. The van der Waals surface area contributed by atoms with Crippen LogP contribution >= 0.6 is 0 Å². The molecule has 0 aliphatic heterocycles. The van der Waals surface area contributed by atoms with Crippen molar-refractivity contribution in [3.63, 3.8) is 0 Å². The van der Waals surface area contributed by atoms with Crippen molar-refractivity contribution in [2.24, 2.45) is 5.73 Å². The first-order chi connectivity index (χ1) is 8.18. The number of nitrogens with two attached hydrogens (primary N) is 1. The van der Waals surface area contributed by atoms with Gasteiger partial charge in [-0.05, 0) is 42.2 Å². The molecule has 0 radical (unpaired) electrons. The van der Waals surface area contributed by atoms with E-state index in [4.69, 9.17) is 5.73 Å². The number of aromatic nitrogens is 1. The lowest BCUT2D eigenvalue weighted by Crippen LogP contribution is -2.15. The van der Waals surface area contributed by atoms with Crippen molar-refractivity contribution >= 4 is 0 Å². The maximum Gasteiger partial charge on any atom is 0.126 e. The molecule has 1 heterocycles. The van der Waals surface area contributed by atoms with Gasteiger partial charge in [0.2, 0.25) is 0 Å². The summed E-state index contributed by atoms with van der Waals surface area (Å²) in [6.07, 6.45) is 3.97. The fourth-order valence-corrected chi connectivity index (χ4v) is 1.88. The molecule has 2 nitrogen and oxygen atoms in total. The fourth-order valence-electron chi connectivity index (χ4n) is 1.88. The van der Waals surface area contributed by atoms with Crippen LogP contribution in [0.5, 0.6) is 0 Å². The summed E-state index contributed by atoms with van der Waals surface area (Å²) in [5.74, 6) is -0.204. The number of pyridine rings is 1. The molecule has 1 unspecified atom stereocenters. The third kappa shape index (κ3) is 2.68. The van der Waals surface area contributed by atoms with Gasteiger partial charge in [0, 0.05) is 18.4 Å². The SMILES string of the molecule is Cc1ccncc1C(N)Cc1ccccc1F. The van der Waals surface area contributed by atoms with Gasteiger partial charge in [0.1, 0.15) is 5.82 Å². The molecular weight excluding hydrogens is 215 g/mol. The van der Waals surface area contributed by atoms with E-state index in [2.05, 4.69) is 4.98 Å². The van der Waals surface area contributed by atoms with Gasteiger partial charge in [-0.1, -0.05) is 18.2 Å². The molecule has 0 amide bonds. The van der Waals surface area contributed by atoms with Crippen molar-refractivity contribution in [2.75, 3.05) is 0 Å². The Bertz CT molecular complexity index is 511. The van der Waals surface area contributed by atoms with Crippen LogP contribution in [-0.4, -0.2) is 4.98 Å². The van der Waals surface area contributed by atoms with E-state index in [1.807, 2.05) is 19.1 Å². The van der Waals surface area contributed by atoms with E-state index in [0.717, 1.165) is 11.1 Å². The van der Waals surface area contributed by atoms with Crippen LogP contribution in [0.1, 0.15) is 22.7 Å². The van der Waals surface area contributed by atoms with Gasteiger partial charge < -0.3 is 5.73 Å². The Morgan fingerprint density at radius 3 is 2.76 bits per heavy atom. The van der Waals surface area contributed by atoms with Crippen molar-refractivity contribution in [1.29, 1.82) is 0 Å². The van der Waals surface area contributed by atoms with E-state index >= 15 is 0 Å². The fraction of sp³-hybridized carbons (Fsp3) is 0.214. The Balaban J connectivity index is 2.20. The van der Waals surface area contributed by atoms with Gasteiger partial charge in [0.15, 0.2) is 0 Å². The van der Waals surface area contributed by atoms with Crippen LogP contribution in [0.2, 0.25) is 0 Å². The number of nitrogens with zero attached hydrogens (tertiary/aromatic N) is 1. The van der Waals surface area contributed by atoms with E-state index in [1.54, 1.807) is 24.5 Å². The van der Waals surface area contributed by atoms with Gasteiger partial charge in [0.25, 0.3) is 0 Å². The molecule has 1 atom stereocenters. The molecule has 17 heavy (non-hydrogen) atoms. The van der Waals surface area contributed by atoms with Gasteiger partial charge in [-0.3, -0.25) is 4.98 Å². The Morgan fingerprint density at radius 2 is 2.06 bits per heavy atom. The van der Waals surface area contributed by atoms with E-state index in [0.29, 0.717) is 12.0 Å². The second-order valence-corrected chi connectivity index (χ2v) is 4.13. The summed E-state index contributed by atoms with van der Waals surface area (Å²) in [6.45, 7) is 1.98. The maximum atomic E-state index is 13.5. The molecule has 0 saturated carbocycles. The van der Waals surface area contributed by atoms with Gasteiger partial charge in [0.05, 0.1) is 0 Å². The molecule has 0 aliphatic carbocycles. The Morgan fingerprint density at radius 1 is 1.29 bits per heavy atom. The summed E-state index contributed by atoms with van der Waals surface area (Å²) < 4.78 is 13.5. The van der Waals surface area contributed by atoms with Crippen molar-refractivity contribution in [3.8, 4) is 0 Å². The third-order valence-electron chi connectivity index (χ3n) is 2.88. The van der Waals surface area contributed by atoms with Crippen molar-refractivity contribution < 1.29 is 4.39 Å². The Kier molecular flexibility index (Phi) is 3.49. The summed E-state index contributed by atoms with van der Waals surface area (Å²) in [5.41, 5.74) is 8.79. The standard InChI is InChI=1S/C14H15FN2/c1-10-6-7-17-9-12(10)14(16)8-11-4-2-3-5-13(11)15/h2-7,9,14H,8,16H2,1H3. The molecule has 3 heteroatoms. The quantitative estimate of drug-likeness (QED) is 0.880. The molecule has 0 bridgehead atoms. The van der Waals surface area contributed by atoms with E-state index in [9.17, 15) is 4.39 Å².